The Hall–Kier alpha value is -2.71. The van der Waals surface area contributed by atoms with E-state index in [-0.39, 0.29) is 17.0 Å². The first kappa shape index (κ1) is 20.6. The van der Waals surface area contributed by atoms with E-state index in [1.165, 1.54) is 27.6 Å². The SMILES string of the molecule is Cn1cc(S(=O)(=O)N2CCC(Nc3ncc(C#N)c(OC4CCCC4)n3)CC2)cn1. The smallest absolute Gasteiger partial charge is 0.246 e. The van der Waals surface area contributed by atoms with Crippen LogP contribution in [0.3, 0.4) is 0 Å². The van der Waals surface area contributed by atoms with Crippen LogP contribution in [0.4, 0.5) is 5.95 Å². The van der Waals surface area contributed by atoms with Crippen LogP contribution in [0.2, 0.25) is 0 Å². The van der Waals surface area contributed by atoms with Crippen LogP contribution in [0, 0.1) is 11.3 Å². The lowest BCUT2D eigenvalue weighted by molar-refractivity contribution is 0.200. The molecule has 0 radical (unpaired) electrons. The van der Waals surface area contributed by atoms with Crippen molar-refractivity contribution in [2.45, 2.75) is 55.6 Å². The zero-order valence-electron chi connectivity index (χ0n) is 16.9. The molecule has 2 aliphatic rings. The second-order valence-electron chi connectivity index (χ2n) is 7.72. The van der Waals surface area contributed by atoms with Crippen LogP contribution in [0.15, 0.2) is 23.5 Å². The number of aryl methyl sites for hydroxylation is 1. The average molecular weight is 432 g/mol. The summed E-state index contributed by atoms with van der Waals surface area (Å²) in [5, 5.41) is 16.5. The van der Waals surface area contributed by atoms with Gasteiger partial charge in [-0.2, -0.15) is 19.6 Å². The molecule has 2 aromatic rings. The van der Waals surface area contributed by atoms with E-state index in [4.69, 9.17) is 4.74 Å². The van der Waals surface area contributed by atoms with Crippen LogP contribution in [0.1, 0.15) is 44.1 Å². The number of sulfonamides is 1. The topological polar surface area (TPSA) is 126 Å². The molecule has 4 rings (SSSR count). The summed E-state index contributed by atoms with van der Waals surface area (Å²) < 4.78 is 34.3. The molecule has 0 bridgehead atoms. The molecule has 11 heteroatoms. The zero-order chi connectivity index (χ0) is 21.1. The van der Waals surface area contributed by atoms with Gasteiger partial charge in [0.2, 0.25) is 21.9 Å². The maximum Gasteiger partial charge on any atom is 0.246 e. The number of anilines is 1. The van der Waals surface area contributed by atoms with E-state index in [1.54, 1.807) is 7.05 Å². The summed E-state index contributed by atoms with van der Waals surface area (Å²) in [6.45, 7) is 0.799. The molecule has 2 fully saturated rings. The van der Waals surface area contributed by atoms with Gasteiger partial charge in [0, 0.05) is 32.4 Å². The predicted octanol–water partition coefficient (Wildman–Crippen LogP) is 1.67. The van der Waals surface area contributed by atoms with Gasteiger partial charge in [0.1, 0.15) is 22.6 Å². The van der Waals surface area contributed by atoms with Gasteiger partial charge >= 0.3 is 0 Å². The fourth-order valence-corrected chi connectivity index (χ4v) is 5.33. The van der Waals surface area contributed by atoms with Crippen molar-refractivity contribution >= 4 is 16.0 Å². The van der Waals surface area contributed by atoms with Gasteiger partial charge in [0.05, 0.1) is 12.4 Å². The van der Waals surface area contributed by atoms with Crippen molar-refractivity contribution in [2.24, 2.45) is 7.05 Å². The molecule has 0 atom stereocenters. The zero-order valence-corrected chi connectivity index (χ0v) is 17.7. The maximum absolute atomic E-state index is 12.7. The van der Waals surface area contributed by atoms with Crippen LogP contribution in [0.5, 0.6) is 5.88 Å². The molecule has 1 N–H and O–H groups in total. The molecule has 1 saturated heterocycles. The van der Waals surface area contributed by atoms with Crippen molar-refractivity contribution in [3.05, 3.63) is 24.2 Å². The van der Waals surface area contributed by atoms with Gasteiger partial charge in [-0.3, -0.25) is 4.68 Å². The number of rotatable bonds is 6. The standard InChI is InChI=1S/C19H25N7O3S/c1-25-13-17(12-22-25)30(27,28)26-8-6-15(7-9-26)23-19-21-11-14(10-20)18(24-19)29-16-4-2-3-5-16/h11-13,15-16H,2-9H2,1H3,(H,21,23,24). The number of aromatic nitrogens is 4. The van der Waals surface area contributed by atoms with E-state index < -0.39 is 10.0 Å². The quantitative estimate of drug-likeness (QED) is 0.732. The van der Waals surface area contributed by atoms with Crippen molar-refractivity contribution < 1.29 is 13.2 Å². The molecule has 10 nitrogen and oxygen atoms in total. The maximum atomic E-state index is 12.7. The van der Waals surface area contributed by atoms with E-state index in [2.05, 4.69) is 26.5 Å². The lowest BCUT2D eigenvalue weighted by atomic mass is 10.1. The molecule has 1 aliphatic carbocycles. The third kappa shape index (κ3) is 4.39. The number of nitrogens with one attached hydrogen (secondary N) is 1. The van der Waals surface area contributed by atoms with Gasteiger partial charge < -0.3 is 10.1 Å². The van der Waals surface area contributed by atoms with Crippen LogP contribution in [-0.2, 0) is 17.1 Å². The summed E-state index contributed by atoms with van der Waals surface area (Å²) >= 11 is 0. The van der Waals surface area contributed by atoms with Gasteiger partial charge in [-0.1, -0.05) is 0 Å². The molecule has 1 saturated carbocycles. The van der Waals surface area contributed by atoms with Crippen molar-refractivity contribution in [1.82, 2.24) is 24.1 Å². The summed E-state index contributed by atoms with van der Waals surface area (Å²) in [6.07, 6.45) is 9.91. The number of nitriles is 1. The second-order valence-corrected chi connectivity index (χ2v) is 9.66. The lowest BCUT2D eigenvalue weighted by Gasteiger charge is -2.31. The monoisotopic (exact) mass is 431 g/mol. The van der Waals surface area contributed by atoms with E-state index in [0.29, 0.717) is 43.3 Å². The predicted molar refractivity (Wildman–Crippen MR) is 108 cm³/mol. The minimum Gasteiger partial charge on any atom is -0.473 e. The van der Waals surface area contributed by atoms with Crippen molar-refractivity contribution in [1.29, 1.82) is 5.26 Å². The Kier molecular flexibility index (Phi) is 5.87. The van der Waals surface area contributed by atoms with Crippen LogP contribution < -0.4 is 10.1 Å². The normalized spacial score (nSPS) is 18.9. The van der Waals surface area contributed by atoms with Gasteiger partial charge in [-0.15, -0.1) is 0 Å². The van der Waals surface area contributed by atoms with E-state index in [0.717, 1.165) is 25.7 Å². The highest BCUT2D eigenvalue weighted by Gasteiger charge is 2.30. The highest BCUT2D eigenvalue weighted by atomic mass is 32.2. The summed E-state index contributed by atoms with van der Waals surface area (Å²) in [5.74, 6) is 0.717. The molecule has 0 amide bonds. The molecule has 3 heterocycles. The summed E-state index contributed by atoms with van der Waals surface area (Å²) in [4.78, 5) is 8.85. The molecule has 2 aromatic heterocycles. The largest absolute Gasteiger partial charge is 0.473 e. The molecule has 0 aromatic carbocycles. The van der Waals surface area contributed by atoms with Crippen molar-refractivity contribution in [2.75, 3.05) is 18.4 Å². The fraction of sp³-hybridized carbons (Fsp3) is 0.579. The Balaban J connectivity index is 1.38. The molecule has 30 heavy (non-hydrogen) atoms. The number of ether oxygens (including phenoxy) is 1. The van der Waals surface area contributed by atoms with Crippen molar-refractivity contribution in [3.8, 4) is 11.9 Å². The average Bonchev–Trinajstić information content (AvgIpc) is 3.41. The van der Waals surface area contributed by atoms with Gasteiger partial charge in [0.25, 0.3) is 0 Å². The number of hydrogen-bond acceptors (Lipinski definition) is 8. The Morgan fingerprint density at radius 2 is 1.93 bits per heavy atom. The highest BCUT2D eigenvalue weighted by molar-refractivity contribution is 7.89. The van der Waals surface area contributed by atoms with Gasteiger partial charge in [0.15, 0.2) is 0 Å². The number of nitrogens with zero attached hydrogens (tertiary/aromatic N) is 6. The number of piperidine rings is 1. The Bertz CT molecular complexity index is 1030. The summed E-state index contributed by atoms with van der Waals surface area (Å²) in [7, 11) is -1.84. The summed E-state index contributed by atoms with van der Waals surface area (Å²) in [6, 6.07) is 2.12. The third-order valence-electron chi connectivity index (χ3n) is 5.56. The molecule has 160 valence electrons. The van der Waals surface area contributed by atoms with E-state index in [1.807, 2.05) is 0 Å². The first-order chi connectivity index (χ1) is 14.5. The third-order valence-corrected chi connectivity index (χ3v) is 7.41. The molecule has 0 spiro atoms. The first-order valence-electron chi connectivity index (χ1n) is 10.1. The van der Waals surface area contributed by atoms with E-state index >= 15 is 0 Å². The lowest BCUT2D eigenvalue weighted by Crippen LogP contribution is -2.42. The Morgan fingerprint density at radius 1 is 1.20 bits per heavy atom. The van der Waals surface area contributed by atoms with Crippen LogP contribution in [-0.4, -0.2) is 57.7 Å². The van der Waals surface area contributed by atoms with E-state index in [9.17, 15) is 13.7 Å². The van der Waals surface area contributed by atoms with Gasteiger partial charge in [-0.25, -0.2) is 13.4 Å². The molecular weight excluding hydrogens is 406 g/mol. The number of hydrogen-bond donors (Lipinski definition) is 1. The van der Waals surface area contributed by atoms with Crippen LogP contribution >= 0.6 is 0 Å². The first-order valence-corrected chi connectivity index (χ1v) is 11.6. The molecular formula is C19H25N7O3S. The Labute approximate surface area is 175 Å². The molecule has 1 aliphatic heterocycles. The Morgan fingerprint density at radius 3 is 2.57 bits per heavy atom. The summed E-state index contributed by atoms with van der Waals surface area (Å²) in [5.41, 5.74) is 0.324. The minimum absolute atomic E-state index is 0.0395. The van der Waals surface area contributed by atoms with Crippen LogP contribution in [0.25, 0.3) is 0 Å². The fourth-order valence-electron chi connectivity index (χ4n) is 3.87. The molecule has 0 unspecified atom stereocenters. The second kappa shape index (κ2) is 8.57. The minimum atomic E-state index is -3.53. The van der Waals surface area contributed by atoms with Crippen molar-refractivity contribution in [3.63, 3.8) is 0 Å². The highest BCUT2D eigenvalue weighted by Crippen LogP contribution is 2.26. The van der Waals surface area contributed by atoms with Gasteiger partial charge in [-0.05, 0) is 38.5 Å².